The Bertz CT molecular complexity index is 528. The molecule has 0 heterocycles. The lowest BCUT2D eigenvalue weighted by molar-refractivity contribution is -0.112. The first-order valence-electron chi connectivity index (χ1n) is 7.20. The van der Waals surface area contributed by atoms with Gasteiger partial charge in [0.1, 0.15) is 24.1 Å². The maximum atomic E-state index is 11.2. The fourth-order valence-corrected chi connectivity index (χ4v) is 2.22. The Hall–Kier alpha value is -1.65. The van der Waals surface area contributed by atoms with Crippen LogP contribution in [0.15, 0.2) is 36.1 Å². The van der Waals surface area contributed by atoms with Gasteiger partial charge in [0, 0.05) is 6.08 Å². The zero-order chi connectivity index (χ0) is 16.5. The van der Waals surface area contributed by atoms with E-state index in [1.54, 1.807) is 24.3 Å². The average molecular weight is 324 g/mol. The van der Waals surface area contributed by atoms with E-state index in [4.69, 9.17) is 16.3 Å². The van der Waals surface area contributed by atoms with Crippen molar-refractivity contribution in [1.29, 1.82) is 0 Å². The second kappa shape index (κ2) is 9.38. The quantitative estimate of drug-likeness (QED) is 0.397. The van der Waals surface area contributed by atoms with E-state index in [2.05, 4.69) is 13.8 Å². The molecule has 0 amide bonds. The minimum absolute atomic E-state index is 0.218. The number of carbonyl (C=O) groups is 2. The Morgan fingerprint density at radius 2 is 2.00 bits per heavy atom. The van der Waals surface area contributed by atoms with Crippen molar-refractivity contribution in [3.05, 3.63) is 41.1 Å². The molecule has 22 heavy (non-hydrogen) atoms. The van der Waals surface area contributed by atoms with Gasteiger partial charge in [-0.05, 0) is 31.5 Å². The van der Waals surface area contributed by atoms with E-state index in [1.165, 1.54) is 6.08 Å². The van der Waals surface area contributed by atoms with Gasteiger partial charge in [0.05, 0.1) is 17.6 Å². The first-order valence-corrected chi connectivity index (χ1v) is 7.58. The largest absolute Gasteiger partial charge is 0.459 e. The smallest absolute Gasteiger partial charge is 0.146 e. The van der Waals surface area contributed by atoms with Gasteiger partial charge in [0.15, 0.2) is 0 Å². The van der Waals surface area contributed by atoms with Gasteiger partial charge >= 0.3 is 0 Å². The summed E-state index contributed by atoms with van der Waals surface area (Å²) in [5.74, 6) is 1.33. The lowest BCUT2D eigenvalue weighted by Gasteiger charge is -2.25. The first-order chi connectivity index (χ1) is 10.5. The molecule has 0 aliphatic rings. The number of rotatable bonds is 9. The third-order valence-corrected chi connectivity index (χ3v) is 3.49. The molecule has 0 bridgehead atoms. The Morgan fingerprint density at radius 3 is 2.55 bits per heavy atom. The third kappa shape index (κ3) is 6.00. The highest BCUT2D eigenvalue weighted by Crippen LogP contribution is 2.25. The summed E-state index contributed by atoms with van der Waals surface area (Å²) < 4.78 is 5.70. The number of benzene rings is 1. The van der Waals surface area contributed by atoms with E-state index in [0.717, 1.165) is 12.7 Å². The Labute approximate surface area is 136 Å². The lowest BCUT2D eigenvalue weighted by atomic mass is 10.0. The molecule has 120 valence electrons. The molecule has 0 radical (unpaired) electrons. The number of allylic oxidation sites excluding steroid dienone is 1. The predicted molar refractivity (Wildman–Crippen MR) is 88.2 cm³/mol. The van der Waals surface area contributed by atoms with Crippen LogP contribution in [-0.2, 0) is 9.59 Å². The summed E-state index contributed by atoms with van der Waals surface area (Å²) in [6, 6.07) is 6.83. The van der Waals surface area contributed by atoms with E-state index in [-0.39, 0.29) is 6.04 Å². The molecule has 4 nitrogen and oxygen atoms in total. The number of carbonyl (C=O) groups excluding carboxylic acids is 2. The van der Waals surface area contributed by atoms with Gasteiger partial charge < -0.3 is 9.53 Å². The number of nitrogens with zero attached hydrogens (tertiary/aromatic N) is 1. The van der Waals surface area contributed by atoms with E-state index in [0.29, 0.717) is 35.3 Å². The number of hydrogen-bond donors (Lipinski definition) is 0. The predicted octanol–water partition coefficient (Wildman–Crippen LogP) is 3.35. The first kappa shape index (κ1) is 18.4. The van der Waals surface area contributed by atoms with Crippen LogP contribution in [0.2, 0.25) is 5.02 Å². The maximum Gasteiger partial charge on any atom is 0.146 e. The second-order valence-electron chi connectivity index (χ2n) is 5.55. The fraction of sp³-hybridized carbons (Fsp3) is 0.412. The van der Waals surface area contributed by atoms with Crippen molar-refractivity contribution >= 4 is 24.2 Å². The molecular weight excluding hydrogens is 302 g/mol. The summed E-state index contributed by atoms with van der Waals surface area (Å²) in [5, 5.41) is 0.469. The molecule has 5 heteroatoms. The van der Waals surface area contributed by atoms with E-state index in [9.17, 15) is 9.59 Å². The molecular formula is C17H22ClNO3. The highest BCUT2D eigenvalue weighted by Gasteiger charge is 2.17. The highest BCUT2D eigenvalue weighted by atomic mass is 35.5. The van der Waals surface area contributed by atoms with Crippen LogP contribution in [0.3, 0.4) is 0 Å². The van der Waals surface area contributed by atoms with Gasteiger partial charge in [-0.25, -0.2) is 0 Å². The summed E-state index contributed by atoms with van der Waals surface area (Å²) in [7, 11) is 1.83. The molecule has 0 saturated carbocycles. The van der Waals surface area contributed by atoms with Crippen LogP contribution in [0.1, 0.15) is 20.3 Å². The molecule has 1 atom stereocenters. The highest BCUT2D eigenvalue weighted by molar-refractivity contribution is 6.32. The van der Waals surface area contributed by atoms with Gasteiger partial charge in [0.2, 0.25) is 0 Å². The van der Waals surface area contributed by atoms with Crippen molar-refractivity contribution in [2.45, 2.75) is 26.3 Å². The minimum Gasteiger partial charge on any atom is -0.459 e. The topological polar surface area (TPSA) is 46.6 Å². The number of halogens is 1. The number of likely N-dealkylation sites (N-methyl/N-ethyl adjacent to an activating group) is 1. The Morgan fingerprint density at radius 1 is 1.32 bits per heavy atom. The monoisotopic (exact) mass is 323 g/mol. The fourth-order valence-electron chi connectivity index (χ4n) is 2.05. The maximum absolute atomic E-state index is 11.2. The molecule has 1 unspecified atom stereocenters. The zero-order valence-corrected chi connectivity index (χ0v) is 13.9. The summed E-state index contributed by atoms with van der Waals surface area (Å²) in [6.45, 7) is 4.47. The Kier molecular flexibility index (Phi) is 7.85. The molecule has 0 spiro atoms. The summed E-state index contributed by atoms with van der Waals surface area (Å²) in [6.07, 6.45) is 3.68. The van der Waals surface area contributed by atoms with Crippen LogP contribution in [0.5, 0.6) is 5.75 Å². The molecule has 0 aromatic heterocycles. The van der Waals surface area contributed by atoms with Crippen LogP contribution >= 0.6 is 11.6 Å². The van der Waals surface area contributed by atoms with Crippen molar-refractivity contribution in [1.82, 2.24) is 4.90 Å². The normalized spacial score (nSPS) is 13.3. The van der Waals surface area contributed by atoms with Crippen molar-refractivity contribution in [2.24, 2.45) is 5.92 Å². The van der Waals surface area contributed by atoms with Gasteiger partial charge in [-0.2, -0.15) is 0 Å². The molecule has 0 fully saturated rings. The molecule has 1 rings (SSSR count). The van der Waals surface area contributed by atoms with Gasteiger partial charge in [-0.1, -0.05) is 37.6 Å². The van der Waals surface area contributed by atoms with E-state index < -0.39 is 0 Å². The summed E-state index contributed by atoms with van der Waals surface area (Å²) >= 11 is 6.05. The van der Waals surface area contributed by atoms with Crippen LogP contribution in [-0.4, -0.2) is 37.1 Å². The van der Waals surface area contributed by atoms with Crippen LogP contribution in [0.25, 0.3) is 0 Å². The van der Waals surface area contributed by atoms with Crippen molar-refractivity contribution in [3.8, 4) is 5.75 Å². The van der Waals surface area contributed by atoms with Crippen LogP contribution in [0, 0.1) is 5.92 Å². The van der Waals surface area contributed by atoms with Crippen molar-refractivity contribution < 1.29 is 14.3 Å². The third-order valence-electron chi connectivity index (χ3n) is 3.17. The lowest BCUT2D eigenvalue weighted by Crippen LogP contribution is -2.36. The van der Waals surface area contributed by atoms with Crippen LogP contribution < -0.4 is 4.74 Å². The standard InChI is InChI=1S/C17H22ClNO3/c1-13(2)10-14(12-21)19(3)11-15(8-9-20)22-17-7-5-4-6-16(17)18/h4-9,12-14H,10-11H2,1-3H3/b15-8+. The molecule has 0 aliphatic carbocycles. The SMILES string of the molecule is CC(C)CC(C=O)N(C)C/C(=C\C=O)Oc1ccccc1Cl. The molecule has 0 aliphatic heterocycles. The number of aldehydes is 2. The minimum atomic E-state index is -0.218. The number of para-hydroxylation sites is 1. The molecule has 1 aromatic carbocycles. The van der Waals surface area contributed by atoms with Gasteiger partial charge in [-0.3, -0.25) is 9.69 Å². The second-order valence-corrected chi connectivity index (χ2v) is 5.96. The Balaban J connectivity index is 2.80. The number of hydrogen-bond acceptors (Lipinski definition) is 4. The molecule has 0 saturated heterocycles. The molecule has 1 aromatic rings. The number of ether oxygens (including phenoxy) is 1. The average Bonchev–Trinajstić information content (AvgIpc) is 2.47. The molecule has 0 N–H and O–H groups in total. The van der Waals surface area contributed by atoms with Gasteiger partial charge in [-0.15, -0.1) is 0 Å². The van der Waals surface area contributed by atoms with Crippen molar-refractivity contribution in [3.63, 3.8) is 0 Å². The van der Waals surface area contributed by atoms with E-state index >= 15 is 0 Å². The zero-order valence-electron chi connectivity index (χ0n) is 13.2. The van der Waals surface area contributed by atoms with Gasteiger partial charge in [0.25, 0.3) is 0 Å². The van der Waals surface area contributed by atoms with Crippen molar-refractivity contribution in [2.75, 3.05) is 13.6 Å². The van der Waals surface area contributed by atoms with E-state index in [1.807, 2.05) is 11.9 Å². The summed E-state index contributed by atoms with van der Waals surface area (Å²) in [4.78, 5) is 23.9. The summed E-state index contributed by atoms with van der Waals surface area (Å²) in [5.41, 5.74) is 0. The van der Waals surface area contributed by atoms with Crippen LogP contribution in [0.4, 0.5) is 0 Å².